The summed E-state index contributed by atoms with van der Waals surface area (Å²) in [7, 11) is 3.06. The zero-order chi connectivity index (χ0) is 22.5. The molecule has 0 spiro atoms. The van der Waals surface area contributed by atoms with Gasteiger partial charge in [0.05, 0.1) is 24.7 Å². The summed E-state index contributed by atoms with van der Waals surface area (Å²) in [5.74, 6) is -0.787. The summed E-state index contributed by atoms with van der Waals surface area (Å²) in [6, 6.07) is 11.0. The molecule has 0 atom stereocenters. The molecular formula is C21H18N2O6S2. The van der Waals surface area contributed by atoms with Crippen LogP contribution in [0.15, 0.2) is 47.4 Å². The molecule has 0 aliphatic carbocycles. The van der Waals surface area contributed by atoms with Gasteiger partial charge in [-0.2, -0.15) is 0 Å². The van der Waals surface area contributed by atoms with E-state index in [-0.39, 0.29) is 22.3 Å². The van der Waals surface area contributed by atoms with Crippen LogP contribution in [0.25, 0.3) is 6.08 Å². The maximum atomic E-state index is 12.8. The van der Waals surface area contributed by atoms with Crippen molar-refractivity contribution in [2.45, 2.75) is 0 Å². The van der Waals surface area contributed by atoms with Gasteiger partial charge in [-0.05, 0) is 48.0 Å². The number of carbonyl (C=O) groups is 3. The van der Waals surface area contributed by atoms with Gasteiger partial charge >= 0.3 is 5.97 Å². The van der Waals surface area contributed by atoms with Gasteiger partial charge in [-0.3, -0.25) is 14.5 Å². The molecule has 10 heteroatoms. The first-order valence-corrected chi connectivity index (χ1v) is 10.2. The highest BCUT2D eigenvalue weighted by atomic mass is 32.2. The van der Waals surface area contributed by atoms with Crippen molar-refractivity contribution in [2.75, 3.05) is 26.1 Å². The van der Waals surface area contributed by atoms with E-state index in [1.807, 2.05) is 0 Å². The number of aromatic carboxylic acids is 1. The van der Waals surface area contributed by atoms with Gasteiger partial charge in [0.2, 0.25) is 5.91 Å². The van der Waals surface area contributed by atoms with Crippen LogP contribution in [0.5, 0.6) is 11.5 Å². The van der Waals surface area contributed by atoms with Gasteiger partial charge in [-0.25, -0.2) is 4.79 Å². The van der Waals surface area contributed by atoms with Gasteiger partial charge in [0.15, 0.2) is 11.5 Å². The van der Waals surface area contributed by atoms with Crippen LogP contribution in [0.3, 0.4) is 0 Å². The Bertz CT molecular complexity index is 1080. The second-order valence-electron chi connectivity index (χ2n) is 6.31. The minimum absolute atomic E-state index is 0.107. The third kappa shape index (κ3) is 5.22. The topological polar surface area (TPSA) is 105 Å². The number of benzene rings is 2. The predicted molar refractivity (Wildman–Crippen MR) is 121 cm³/mol. The number of anilines is 1. The third-order valence-corrected chi connectivity index (χ3v) is 5.67. The minimum Gasteiger partial charge on any atom is -0.493 e. The smallest absolute Gasteiger partial charge is 0.335 e. The molecule has 2 aromatic carbocycles. The molecule has 0 unspecified atom stereocenters. The number of ether oxygens (including phenoxy) is 2. The summed E-state index contributed by atoms with van der Waals surface area (Å²) in [6.45, 7) is -0.255. The summed E-state index contributed by atoms with van der Waals surface area (Å²) in [6.07, 6.45) is 1.67. The van der Waals surface area contributed by atoms with Gasteiger partial charge in [0.1, 0.15) is 10.9 Å². The SMILES string of the molecule is COc1ccc(/C=C2/SC(=S)N(CC(=O)Nc3ccc(C(=O)O)cc3)C2=O)cc1OC. The number of thioether (sulfide) groups is 1. The second-order valence-corrected chi connectivity index (χ2v) is 7.99. The Labute approximate surface area is 187 Å². The number of carbonyl (C=O) groups excluding carboxylic acids is 2. The maximum absolute atomic E-state index is 12.8. The standard InChI is InChI=1S/C21H18N2O6S2/c1-28-15-8-3-12(9-16(15)29-2)10-17-19(25)23(21(30)31-17)11-18(24)22-14-6-4-13(5-7-14)20(26)27/h3-10H,11H2,1-2H3,(H,22,24)(H,26,27)/b17-10+. The highest BCUT2D eigenvalue weighted by Gasteiger charge is 2.33. The Morgan fingerprint density at radius 2 is 1.81 bits per heavy atom. The predicted octanol–water partition coefficient (Wildman–Crippen LogP) is 3.24. The van der Waals surface area contributed by atoms with Crippen LogP contribution in [0.2, 0.25) is 0 Å². The number of nitrogens with one attached hydrogen (secondary N) is 1. The van der Waals surface area contributed by atoms with Gasteiger partial charge in [0.25, 0.3) is 5.91 Å². The van der Waals surface area contributed by atoms with Gasteiger partial charge in [-0.1, -0.05) is 30.0 Å². The molecule has 0 saturated carbocycles. The minimum atomic E-state index is -1.06. The van der Waals surface area contributed by atoms with Crippen molar-refractivity contribution in [2.24, 2.45) is 0 Å². The van der Waals surface area contributed by atoms with Crippen molar-refractivity contribution in [1.29, 1.82) is 0 Å². The van der Waals surface area contributed by atoms with Crippen LogP contribution >= 0.6 is 24.0 Å². The fraction of sp³-hybridized carbons (Fsp3) is 0.143. The van der Waals surface area contributed by atoms with Gasteiger partial charge < -0.3 is 19.9 Å². The quantitative estimate of drug-likeness (QED) is 0.481. The van der Waals surface area contributed by atoms with Crippen LogP contribution in [0, 0.1) is 0 Å². The van der Waals surface area contributed by atoms with Crippen molar-refractivity contribution < 1.29 is 29.0 Å². The molecule has 1 fully saturated rings. The van der Waals surface area contributed by atoms with Crippen LogP contribution in [0.4, 0.5) is 5.69 Å². The average Bonchev–Trinajstić information content (AvgIpc) is 3.01. The van der Waals surface area contributed by atoms with Crippen LogP contribution < -0.4 is 14.8 Å². The number of hydrogen-bond donors (Lipinski definition) is 2. The number of thiocarbonyl (C=S) groups is 1. The van der Waals surface area contributed by atoms with E-state index >= 15 is 0 Å². The number of nitrogens with zero attached hydrogens (tertiary/aromatic N) is 1. The summed E-state index contributed by atoms with van der Waals surface area (Å²) in [5, 5.41) is 11.5. The number of rotatable bonds is 7. The lowest BCUT2D eigenvalue weighted by atomic mass is 10.2. The highest BCUT2D eigenvalue weighted by molar-refractivity contribution is 8.26. The molecule has 3 rings (SSSR count). The van der Waals surface area contributed by atoms with Crippen LogP contribution in [0.1, 0.15) is 15.9 Å². The molecule has 1 heterocycles. The molecule has 31 heavy (non-hydrogen) atoms. The van der Waals surface area contributed by atoms with Crippen molar-refractivity contribution in [3.8, 4) is 11.5 Å². The van der Waals surface area contributed by atoms with E-state index < -0.39 is 11.9 Å². The zero-order valence-electron chi connectivity index (χ0n) is 16.6. The lowest BCUT2D eigenvalue weighted by Gasteiger charge is -2.14. The molecule has 0 aromatic heterocycles. The Morgan fingerprint density at radius 3 is 2.42 bits per heavy atom. The fourth-order valence-corrected chi connectivity index (χ4v) is 4.03. The molecular weight excluding hydrogens is 440 g/mol. The van der Waals surface area contributed by atoms with E-state index in [1.54, 1.807) is 24.3 Å². The van der Waals surface area contributed by atoms with Crippen molar-refractivity contribution >= 4 is 57.8 Å². The first-order chi connectivity index (χ1) is 14.8. The first kappa shape index (κ1) is 22.3. The molecule has 1 saturated heterocycles. The van der Waals surface area contributed by atoms with Crippen molar-refractivity contribution in [1.82, 2.24) is 4.90 Å². The number of methoxy groups -OCH3 is 2. The van der Waals surface area contributed by atoms with Gasteiger partial charge in [-0.15, -0.1) is 0 Å². The van der Waals surface area contributed by atoms with Gasteiger partial charge in [0, 0.05) is 5.69 Å². The van der Waals surface area contributed by atoms with E-state index in [9.17, 15) is 14.4 Å². The molecule has 0 radical (unpaired) electrons. The molecule has 1 aliphatic rings. The van der Waals surface area contributed by atoms with Crippen LogP contribution in [-0.2, 0) is 9.59 Å². The van der Waals surface area contributed by atoms with E-state index in [4.69, 9.17) is 26.8 Å². The third-order valence-electron chi connectivity index (χ3n) is 4.30. The fourth-order valence-electron chi connectivity index (χ4n) is 2.77. The zero-order valence-corrected chi connectivity index (χ0v) is 18.2. The lowest BCUT2D eigenvalue weighted by molar-refractivity contribution is -0.126. The molecule has 8 nitrogen and oxygen atoms in total. The second kappa shape index (κ2) is 9.63. The monoisotopic (exact) mass is 458 g/mol. The van der Waals surface area contributed by atoms with Crippen LogP contribution in [-0.4, -0.2) is 52.9 Å². The summed E-state index contributed by atoms with van der Waals surface area (Å²) < 4.78 is 10.8. The largest absolute Gasteiger partial charge is 0.493 e. The summed E-state index contributed by atoms with van der Waals surface area (Å²) in [4.78, 5) is 37.6. The normalized spacial score (nSPS) is 14.6. The van der Waals surface area contributed by atoms with Crippen molar-refractivity contribution in [3.05, 3.63) is 58.5 Å². The highest BCUT2D eigenvalue weighted by Crippen LogP contribution is 2.34. The Balaban J connectivity index is 1.69. The maximum Gasteiger partial charge on any atom is 0.335 e. The van der Waals surface area contributed by atoms with E-state index in [1.165, 1.54) is 43.4 Å². The Kier molecular flexibility index (Phi) is 6.93. The number of carboxylic acids is 1. The Hall–Kier alpha value is -3.37. The van der Waals surface area contributed by atoms with E-state index in [0.29, 0.717) is 22.1 Å². The lowest BCUT2D eigenvalue weighted by Crippen LogP contribution is -2.36. The van der Waals surface area contributed by atoms with E-state index in [0.717, 1.165) is 17.3 Å². The van der Waals surface area contributed by atoms with E-state index in [2.05, 4.69) is 5.32 Å². The number of hydrogen-bond acceptors (Lipinski definition) is 7. The molecule has 160 valence electrons. The molecule has 2 N–H and O–H groups in total. The molecule has 2 aromatic rings. The summed E-state index contributed by atoms with van der Waals surface area (Å²) in [5.41, 5.74) is 1.25. The number of carboxylic acid groups (broad SMARTS) is 1. The first-order valence-electron chi connectivity index (χ1n) is 8.93. The number of amides is 2. The summed E-state index contributed by atoms with van der Waals surface area (Å²) >= 11 is 6.37. The molecule has 0 bridgehead atoms. The average molecular weight is 459 g/mol. The molecule has 1 aliphatic heterocycles. The van der Waals surface area contributed by atoms with Crippen molar-refractivity contribution in [3.63, 3.8) is 0 Å². The Morgan fingerprint density at radius 1 is 1.13 bits per heavy atom. The molecule has 2 amide bonds.